The standard InChI is InChI=1S/C24H32N2O/c1-15-4-6-19-18(12-15)10-11-24(3)20(19)7-8-21(24)23(27)26-22-9-5-17(14-25)13-16(22)2/h5,9,13,15,18-21H,4,6-8,10-12H2,1-3H3,(H,26,27)/t15?,18?,19?,20?,21-,24?/m1/s1. The maximum atomic E-state index is 13.2. The normalized spacial score (nSPS) is 37.8. The summed E-state index contributed by atoms with van der Waals surface area (Å²) in [6.07, 6.45) is 8.90. The van der Waals surface area contributed by atoms with Crippen molar-refractivity contribution >= 4 is 11.6 Å². The van der Waals surface area contributed by atoms with E-state index in [2.05, 4.69) is 25.2 Å². The summed E-state index contributed by atoms with van der Waals surface area (Å²) < 4.78 is 0. The van der Waals surface area contributed by atoms with Crippen LogP contribution in [0.25, 0.3) is 0 Å². The van der Waals surface area contributed by atoms with Gasteiger partial charge in [0.2, 0.25) is 5.91 Å². The fourth-order valence-electron chi connectivity index (χ4n) is 6.73. The van der Waals surface area contributed by atoms with Gasteiger partial charge in [-0.05, 0) is 98.3 Å². The molecule has 27 heavy (non-hydrogen) atoms. The van der Waals surface area contributed by atoms with Gasteiger partial charge in [0.15, 0.2) is 0 Å². The van der Waals surface area contributed by atoms with Crippen LogP contribution >= 0.6 is 0 Å². The molecule has 0 radical (unpaired) electrons. The van der Waals surface area contributed by atoms with Crippen molar-refractivity contribution in [3.05, 3.63) is 29.3 Å². The summed E-state index contributed by atoms with van der Waals surface area (Å²) in [5, 5.41) is 12.2. The number of carbonyl (C=O) groups is 1. The molecule has 1 aromatic rings. The van der Waals surface area contributed by atoms with Crippen LogP contribution in [-0.2, 0) is 4.79 Å². The molecule has 0 heterocycles. The molecule has 1 aromatic carbocycles. The van der Waals surface area contributed by atoms with Crippen molar-refractivity contribution in [1.29, 1.82) is 5.26 Å². The molecule has 0 saturated heterocycles. The third-order valence-corrected chi connectivity index (χ3v) is 8.21. The van der Waals surface area contributed by atoms with E-state index >= 15 is 0 Å². The molecule has 5 unspecified atom stereocenters. The van der Waals surface area contributed by atoms with Crippen LogP contribution in [0.4, 0.5) is 5.69 Å². The quantitative estimate of drug-likeness (QED) is 0.733. The first-order valence-corrected chi connectivity index (χ1v) is 10.7. The van der Waals surface area contributed by atoms with E-state index in [1.54, 1.807) is 6.07 Å². The molecule has 0 aliphatic heterocycles. The third kappa shape index (κ3) is 3.18. The Bertz CT molecular complexity index is 779. The van der Waals surface area contributed by atoms with Crippen molar-refractivity contribution in [3.8, 4) is 6.07 Å². The van der Waals surface area contributed by atoms with Crippen LogP contribution in [0, 0.1) is 53.3 Å². The first-order chi connectivity index (χ1) is 12.9. The van der Waals surface area contributed by atoms with Gasteiger partial charge in [-0.2, -0.15) is 5.26 Å². The summed E-state index contributed by atoms with van der Waals surface area (Å²) in [7, 11) is 0. The van der Waals surface area contributed by atoms with E-state index in [1.165, 1.54) is 38.5 Å². The summed E-state index contributed by atoms with van der Waals surface area (Å²) in [5.74, 6) is 3.66. The number of anilines is 1. The van der Waals surface area contributed by atoms with E-state index in [1.807, 2.05) is 19.1 Å². The molecule has 3 aliphatic rings. The van der Waals surface area contributed by atoms with Gasteiger partial charge >= 0.3 is 0 Å². The van der Waals surface area contributed by atoms with Crippen LogP contribution in [0.15, 0.2) is 18.2 Å². The number of aryl methyl sites for hydroxylation is 1. The van der Waals surface area contributed by atoms with Crippen LogP contribution in [0.5, 0.6) is 0 Å². The third-order valence-electron chi connectivity index (χ3n) is 8.21. The van der Waals surface area contributed by atoms with E-state index in [0.717, 1.165) is 41.3 Å². The number of hydrogen-bond acceptors (Lipinski definition) is 2. The second-order valence-corrected chi connectivity index (χ2v) is 9.75. The number of nitrogens with one attached hydrogen (secondary N) is 1. The minimum Gasteiger partial charge on any atom is -0.326 e. The minimum atomic E-state index is 0.123. The Morgan fingerprint density at radius 2 is 2.04 bits per heavy atom. The lowest BCUT2D eigenvalue weighted by atomic mass is 9.54. The van der Waals surface area contributed by atoms with Gasteiger partial charge in [-0.15, -0.1) is 0 Å². The van der Waals surface area contributed by atoms with Crippen molar-refractivity contribution in [2.75, 3.05) is 5.32 Å². The van der Waals surface area contributed by atoms with Gasteiger partial charge in [0, 0.05) is 11.6 Å². The van der Waals surface area contributed by atoms with Crippen LogP contribution < -0.4 is 5.32 Å². The molecule has 3 fully saturated rings. The first-order valence-electron chi connectivity index (χ1n) is 10.7. The maximum absolute atomic E-state index is 13.2. The minimum absolute atomic E-state index is 0.123. The van der Waals surface area contributed by atoms with Crippen molar-refractivity contribution in [1.82, 2.24) is 0 Å². The molecule has 4 rings (SSSR count). The fraction of sp³-hybridized carbons (Fsp3) is 0.667. The molecule has 144 valence electrons. The second-order valence-electron chi connectivity index (χ2n) is 9.75. The highest BCUT2D eigenvalue weighted by atomic mass is 16.1. The number of rotatable bonds is 2. The molecule has 0 spiro atoms. The average Bonchev–Trinajstić information content (AvgIpc) is 3.00. The van der Waals surface area contributed by atoms with E-state index in [-0.39, 0.29) is 17.2 Å². The van der Waals surface area contributed by atoms with Crippen molar-refractivity contribution in [2.24, 2.45) is 35.0 Å². The molecule has 3 saturated carbocycles. The van der Waals surface area contributed by atoms with Crippen molar-refractivity contribution in [2.45, 2.75) is 65.7 Å². The lowest BCUT2D eigenvalue weighted by Crippen LogP contribution is -2.46. The second kappa shape index (κ2) is 6.97. The Hall–Kier alpha value is -1.82. The Morgan fingerprint density at radius 1 is 1.22 bits per heavy atom. The molecule has 1 N–H and O–H groups in total. The largest absolute Gasteiger partial charge is 0.326 e. The van der Waals surface area contributed by atoms with Gasteiger partial charge in [-0.25, -0.2) is 0 Å². The van der Waals surface area contributed by atoms with Crippen LogP contribution in [0.2, 0.25) is 0 Å². The molecule has 1 amide bonds. The van der Waals surface area contributed by atoms with Gasteiger partial charge < -0.3 is 5.32 Å². The van der Waals surface area contributed by atoms with E-state index in [9.17, 15) is 4.79 Å². The zero-order valence-electron chi connectivity index (χ0n) is 16.9. The Morgan fingerprint density at radius 3 is 2.78 bits per heavy atom. The van der Waals surface area contributed by atoms with Crippen LogP contribution in [0.1, 0.15) is 69.9 Å². The zero-order chi connectivity index (χ0) is 19.2. The number of hydrogen-bond donors (Lipinski definition) is 1. The zero-order valence-corrected chi connectivity index (χ0v) is 16.9. The van der Waals surface area contributed by atoms with Gasteiger partial charge in [-0.1, -0.05) is 20.3 Å². The van der Waals surface area contributed by atoms with E-state index in [0.29, 0.717) is 5.56 Å². The molecule has 3 heteroatoms. The lowest BCUT2D eigenvalue weighted by Gasteiger charge is -2.51. The molecule has 0 bridgehead atoms. The van der Waals surface area contributed by atoms with Crippen LogP contribution in [-0.4, -0.2) is 5.91 Å². The molecule has 0 aromatic heterocycles. The highest BCUT2D eigenvalue weighted by Crippen LogP contribution is 2.62. The monoisotopic (exact) mass is 364 g/mol. The summed E-state index contributed by atoms with van der Waals surface area (Å²) in [6.45, 7) is 6.77. The van der Waals surface area contributed by atoms with E-state index < -0.39 is 0 Å². The average molecular weight is 365 g/mol. The number of fused-ring (bicyclic) bond motifs is 3. The summed E-state index contributed by atoms with van der Waals surface area (Å²) >= 11 is 0. The summed E-state index contributed by atoms with van der Waals surface area (Å²) in [5.41, 5.74) is 2.62. The number of nitrogens with zero attached hydrogens (tertiary/aromatic N) is 1. The number of benzene rings is 1. The first kappa shape index (κ1) is 18.5. The van der Waals surface area contributed by atoms with Gasteiger partial charge in [0.25, 0.3) is 0 Å². The number of nitriles is 1. The predicted molar refractivity (Wildman–Crippen MR) is 108 cm³/mol. The van der Waals surface area contributed by atoms with Gasteiger partial charge in [0.05, 0.1) is 11.6 Å². The van der Waals surface area contributed by atoms with Crippen LogP contribution in [0.3, 0.4) is 0 Å². The Balaban J connectivity index is 1.50. The summed E-state index contributed by atoms with van der Waals surface area (Å²) in [6, 6.07) is 7.68. The lowest BCUT2D eigenvalue weighted by molar-refractivity contribution is -0.125. The molecular weight excluding hydrogens is 332 g/mol. The molecule has 6 atom stereocenters. The molecule has 3 nitrogen and oxygen atoms in total. The highest BCUT2D eigenvalue weighted by Gasteiger charge is 2.56. The Labute approximate surface area is 163 Å². The maximum Gasteiger partial charge on any atom is 0.228 e. The van der Waals surface area contributed by atoms with Gasteiger partial charge in [0.1, 0.15) is 0 Å². The summed E-state index contributed by atoms with van der Waals surface area (Å²) in [4.78, 5) is 13.2. The number of amides is 1. The Kier molecular flexibility index (Phi) is 4.78. The van der Waals surface area contributed by atoms with Gasteiger partial charge in [-0.3, -0.25) is 4.79 Å². The topological polar surface area (TPSA) is 52.9 Å². The number of carbonyl (C=O) groups excluding carboxylic acids is 1. The van der Waals surface area contributed by atoms with E-state index in [4.69, 9.17) is 5.26 Å². The molecule has 3 aliphatic carbocycles. The van der Waals surface area contributed by atoms with Crippen molar-refractivity contribution < 1.29 is 4.79 Å². The smallest absolute Gasteiger partial charge is 0.228 e. The fourth-order valence-corrected chi connectivity index (χ4v) is 6.73. The molecular formula is C24H32N2O. The highest BCUT2D eigenvalue weighted by molar-refractivity contribution is 5.94. The predicted octanol–water partition coefficient (Wildman–Crippen LogP) is 5.68. The SMILES string of the molecule is Cc1cc(C#N)ccc1NC(=O)[C@H]1CCC2C3CCC(C)CC3CCC21C. The van der Waals surface area contributed by atoms with Crippen molar-refractivity contribution in [3.63, 3.8) is 0 Å².